The summed E-state index contributed by atoms with van der Waals surface area (Å²) >= 11 is 0. The van der Waals surface area contributed by atoms with Crippen LogP contribution in [0.1, 0.15) is 51.2 Å². The maximum absolute atomic E-state index is 13.4. The van der Waals surface area contributed by atoms with Gasteiger partial charge in [0, 0.05) is 18.1 Å². The molecule has 1 aromatic carbocycles. The number of rotatable bonds is 0. The number of ether oxygens (including phenoxy) is 1. The van der Waals surface area contributed by atoms with Crippen LogP contribution >= 0.6 is 0 Å². The molecule has 2 aliphatic rings. The standard InChI is InChI=1S/C16H21FO2/c1-10-5-6-16(8-11(10)2)9-14(18)13-4-3-12(17)7-15(13)19-16/h3-4,7,10-11,14,18H,5-6,8-9H2,1-2H3/t10?,11?,14-,16?/m0/s1. The van der Waals surface area contributed by atoms with Crippen molar-refractivity contribution in [2.75, 3.05) is 0 Å². The zero-order valence-corrected chi connectivity index (χ0v) is 11.5. The number of fused-ring (bicyclic) bond motifs is 1. The van der Waals surface area contributed by atoms with Crippen molar-refractivity contribution in [3.63, 3.8) is 0 Å². The summed E-state index contributed by atoms with van der Waals surface area (Å²) in [6, 6.07) is 4.42. The molecular weight excluding hydrogens is 243 g/mol. The van der Waals surface area contributed by atoms with Crippen LogP contribution in [0.3, 0.4) is 0 Å². The maximum Gasteiger partial charge on any atom is 0.128 e. The fourth-order valence-electron chi connectivity index (χ4n) is 3.55. The summed E-state index contributed by atoms with van der Waals surface area (Å²) in [7, 11) is 0. The fourth-order valence-corrected chi connectivity index (χ4v) is 3.55. The van der Waals surface area contributed by atoms with Crippen LogP contribution in [0.2, 0.25) is 0 Å². The molecule has 1 spiro atoms. The van der Waals surface area contributed by atoms with E-state index in [1.54, 1.807) is 6.07 Å². The Bertz CT molecular complexity index is 488. The van der Waals surface area contributed by atoms with Gasteiger partial charge in [-0.05, 0) is 43.2 Å². The zero-order valence-electron chi connectivity index (χ0n) is 11.5. The molecule has 104 valence electrons. The Morgan fingerprint density at radius 1 is 1.26 bits per heavy atom. The van der Waals surface area contributed by atoms with E-state index >= 15 is 0 Å². The van der Waals surface area contributed by atoms with Gasteiger partial charge in [-0.1, -0.05) is 13.8 Å². The molecule has 0 amide bonds. The molecule has 4 atom stereocenters. The molecule has 3 heteroatoms. The van der Waals surface area contributed by atoms with E-state index in [-0.39, 0.29) is 11.4 Å². The summed E-state index contributed by atoms with van der Waals surface area (Å²) in [5, 5.41) is 10.3. The third kappa shape index (κ3) is 2.25. The molecule has 1 saturated carbocycles. The van der Waals surface area contributed by atoms with Gasteiger partial charge in [-0.15, -0.1) is 0 Å². The highest BCUT2D eigenvalue weighted by Crippen LogP contribution is 2.48. The Kier molecular flexibility index (Phi) is 3.05. The molecular formula is C16H21FO2. The van der Waals surface area contributed by atoms with Crippen molar-refractivity contribution in [1.29, 1.82) is 0 Å². The van der Waals surface area contributed by atoms with Crippen molar-refractivity contribution < 1.29 is 14.2 Å². The lowest BCUT2D eigenvalue weighted by molar-refractivity contribution is -0.0603. The molecule has 0 bridgehead atoms. The van der Waals surface area contributed by atoms with Gasteiger partial charge in [0.15, 0.2) is 0 Å². The molecule has 1 aromatic rings. The number of halogens is 1. The van der Waals surface area contributed by atoms with E-state index in [2.05, 4.69) is 13.8 Å². The van der Waals surface area contributed by atoms with Gasteiger partial charge >= 0.3 is 0 Å². The van der Waals surface area contributed by atoms with Crippen LogP contribution in [0, 0.1) is 17.7 Å². The molecule has 1 aliphatic heterocycles. The van der Waals surface area contributed by atoms with Crippen LogP contribution in [0.4, 0.5) is 4.39 Å². The number of aliphatic hydroxyl groups is 1. The zero-order chi connectivity index (χ0) is 13.6. The predicted octanol–water partition coefficient (Wildman–Crippen LogP) is 3.84. The molecule has 0 aromatic heterocycles. The summed E-state index contributed by atoms with van der Waals surface area (Å²) < 4.78 is 19.5. The molecule has 1 aliphatic carbocycles. The van der Waals surface area contributed by atoms with Crippen LogP contribution < -0.4 is 4.74 Å². The molecule has 19 heavy (non-hydrogen) atoms. The van der Waals surface area contributed by atoms with Crippen LogP contribution in [0.25, 0.3) is 0 Å². The number of benzene rings is 1. The van der Waals surface area contributed by atoms with Gasteiger partial charge in [0.2, 0.25) is 0 Å². The van der Waals surface area contributed by atoms with E-state index in [0.717, 1.165) is 24.8 Å². The average Bonchev–Trinajstić information content (AvgIpc) is 2.34. The largest absolute Gasteiger partial charge is 0.487 e. The first kappa shape index (κ1) is 12.9. The van der Waals surface area contributed by atoms with Crippen molar-refractivity contribution in [2.45, 2.75) is 51.2 Å². The van der Waals surface area contributed by atoms with Gasteiger partial charge < -0.3 is 9.84 Å². The SMILES string of the molecule is CC1CCC2(CC1C)C[C@H](O)c1ccc(F)cc1O2. The van der Waals surface area contributed by atoms with Gasteiger partial charge in [-0.2, -0.15) is 0 Å². The minimum atomic E-state index is -0.537. The summed E-state index contributed by atoms with van der Waals surface area (Å²) in [6.07, 6.45) is 3.10. The molecule has 0 radical (unpaired) electrons. The molecule has 2 nitrogen and oxygen atoms in total. The number of aliphatic hydroxyl groups excluding tert-OH is 1. The third-order valence-electron chi connectivity index (χ3n) is 4.95. The van der Waals surface area contributed by atoms with Crippen LogP contribution in [-0.4, -0.2) is 10.7 Å². The first-order valence-corrected chi connectivity index (χ1v) is 7.16. The van der Waals surface area contributed by atoms with Crippen molar-refractivity contribution in [3.05, 3.63) is 29.6 Å². The minimum Gasteiger partial charge on any atom is -0.487 e. The number of hydrogen-bond acceptors (Lipinski definition) is 2. The summed E-state index contributed by atoms with van der Waals surface area (Å²) in [4.78, 5) is 0. The quantitative estimate of drug-likeness (QED) is 0.771. The normalized spacial score (nSPS) is 37.8. The lowest BCUT2D eigenvalue weighted by Crippen LogP contribution is -2.46. The molecule has 1 fully saturated rings. The Balaban J connectivity index is 1.91. The molecule has 1 heterocycles. The van der Waals surface area contributed by atoms with Crippen LogP contribution in [0.5, 0.6) is 5.75 Å². The highest BCUT2D eigenvalue weighted by Gasteiger charge is 2.44. The molecule has 1 N–H and O–H groups in total. The van der Waals surface area contributed by atoms with E-state index in [1.165, 1.54) is 12.1 Å². The second-order valence-electron chi connectivity index (χ2n) is 6.38. The fraction of sp³-hybridized carbons (Fsp3) is 0.625. The van der Waals surface area contributed by atoms with Gasteiger partial charge in [0.25, 0.3) is 0 Å². The summed E-state index contributed by atoms with van der Waals surface area (Å²) in [5.74, 6) is 1.50. The second-order valence-corrected chi connectivity index (χ2v) is 6.38. The predicted molar refractivity (Wildman–Crippen MR) is 71.5 cm³/mol. The first-order chi connectivity index (χ1) is 8.99. The van der Waals surface area contributed by atoms with Crippen molar-refractivity contribution in [1.82, 2.24) is 0 Å². The Labute approximate surface area is 113 Å². The Morgan fingerprint density at radius 2 is 2.05 bits per heavy atom. The molecule has 3 unspecified atom stereocenters. The third-order valence-corrected chi connectivity index (χ3v) is 4.95. The van der Waals surface area contributed by atoms with Gasteiger partial charge in [-0.25, -0.2) is 4.39 Å². The van der Waals surface area contributed by atoms with E-state index in [9.17, 15) is 9.50 Å². The summed E-state index contributed by atoms with van der Waals surface area (Å²) in [5.41, 5.74) is 0.421. The van der Waals surface area contributed by atoms with E-state index in [4.69, 9.17) is 4.74 Å². The van der Waals surface area contributed by atoms with Crippen molar-refractivity contribution >= 4 is 0 Å². The van der Waals surface area contributed by atoms with Gasteiger partial charge in [-0.3, -0.25) is 0 Å². The first-order valence-electron chi connectivity index (χ1n) is 7.16. The van der Waals surface area contributed by atoms with E-state index in [0.29, 0.717) is 24.0 Å². The monoisotopic (exact) mass is 264 g/mol. The van der Waals surface area contributed by atoms with E-state index in [1.807, 2.05) is 0 Å². The van der Waals surface area contributed by atoms with Crippen LogP contribution in [-0.2, 0) is 0 Å². The van der Waals surface area contributed by atoms with Gasteiger partial charge in [0.05, 0.1) is 6.10 Å². The molecule has 3 rings (SSSR count). The lowest BCUT2D eigenvalue weighted by Gasteiger charge is -2.46. The lowest BCUT2D eigenvalue weighted by atomic mass is 9.69. The van der Waals surface area contributed by atoms with Crippen molar-refractivity contribution in [3.8, 4) is 5.75 Å². The highest BCUT2D eigenvalue weighted by molar-refractivity contribution is 5.38. The maximum atomic E-state index is 13.4. The minimum absolute atomic E-state index is 0.299. The Hall–Kier alpha value is -1.09. The molecule has 0 saturated heterocycles. The van der Waals surface area contributed by atoms with Crippen LogP contribution in [0.15, 0.2) is 18.2 Å². The topological polar surface area (TPSA) is 29.5 Å². The average molecular weight is 264 g/mol. The Morgan fingerprint density at radius 3 is 2.79 bits per heavy atom. The second kappa shape index (κ2) is 4.48. The van der Waals surface area contributed by atoms with Crippen molar-refractivity contribution in [2.24, 2.45) is 11.8 Å². The van der Waals surface area contributed by atoms with E-state index < -0.39 is 6.10 Å². The summed E-state index contributed by atoms with van der Waals surface area (Å²) in [6.45, 7) is 4.51. The van der Waals surface area contributed by atoms with Gasteiger partial charge in [0.1, 0.15) is 17.2 Å². The highest BCUT2D eigenvalue weighted by atomic mass is 19.1. The number of hydrogen-bond donors (Lipinski definition) is 1. The smallest absolute Gasteiger partial charge is 0.128 e.